The number of hydrogen-bond donors (Lipinski definition) is 2. The quantitative estimate of drug-likeness (QED) is 0.475. The highest BCUT2D eigenvalue weighted by Gasteiger charge is 2.29. The average Bonchev–Trinajstić information content (AvgIpc) is 3.29. The molecular formula is C22H21N3O5S. The molecule has 8 nitrogen and oxygen atoms in total. The lowest BCUT2D eigenvalue weighted by atomic mass is 10.0. The lowest BCUT2D eigenvalue weighted by Crippen LogP contribution is -2.36. The van der Waals surface area contributed by atoms with Crippen molar-refractivity contribution in [2.24, 2.45) is 14.1 Å². The molecule has 0 amide bonds. The highest BCUT2D eigenvalue weighted by Crippen LogP contribution is 2.47. The van der Waals surface area contributed by atoms with Crippen molar-refractivity contribution in [2.75, 3.05) is 6.61 Å². The molecular weight excluding hydrogens is 418 g/mol. The fraction of sp³-hybridized carbons (Fsp3) is 0.227. The number of nitrogens with one attached hydrogen (secondary N) is 1. The Kier molecular flexibility index (Phi) is 5.06. The number of benzene rings is 1. The number of hydrogen-bond acceptors (Lipinski definition) is 6. The van der Waals surface area contributed by atoms with Crippen LogP contribution in [0.25, 0.3) is 32.7 Å². The number of aromatic nitrogens is 3. The smallest absolute Gasteiger partial charge is 0.343 e. The van der Waals surface area contributed by atoms with Crippen LogP contribution in [0.2, 0.25) is 0 Å². The van der Waals surface area contributed by atoms with Crippen molar-refractivity contribution in [1.29, 1.82) is 0 Å². The number of thiophene rings is 1. The summed E-state index contributed by atoms with van der Waals surface area (Å²) in [7, 11) is 2.98. The van der Waals surface area contributed by atoms with Gasteiger partial charge < -0.3 is 14.8 Å². The van der Waals surface area contributed by atoms with Crippen molar-refractivity contribution in [3.05, 3.63) is 61.6 Å². The van der Waals surface area contributed by atoms with Gasteiger partial charge in [0.2, 0.25) is 0 Å². The number of esters is 1. The Morgan fingerprint density at radius 2 is 1.84 bits per heavy atom. The molecule has 0 bridgehead atoms. The molecule has 0 fully saturated rings. The van der Waals surface area contributed by atoms with Crippen LogP contribution in [0.5, 0.6) is 5.75 Å². The fourth-order valence-corrected chi connectivity index (χ4v) is 4.81. The van der Waals surface area contributed by atoms with Crippen molar-refractivity contribution in [3.8, 4) is 27.4 Å². The molecule has 160 valence electrons. The van der Waals surface area contributed by atoms with Gasteiger partial charge in [0.25, 0.3) is 5.56 Å². The van der Waals surface area contributed by atoms with E-state index < -0.39 is 17.2 Å². The zero-order chi connectivity index (χ0) is 22.4. The number of carbonyl (C=O) groups excluding carboxylic acids is 1. The number of H-pyrrole nitrogens is 1. The summed E-state index contributed by atoms with van der Waals surface area (Å²) in [5.41, 5.74) is 1.24. The Bertz CT molecular complexity index is 1440. The molecule has 0 spiro atoms. The van der Waals surface area contributed by atoms with Crippen LogP contribution < -0.4 is 11.2 Å². The standard InChI is InChI=1S/C22H21N3O5S/c1-5-30-21(28)13-11(2)31-18(17(13)26)14-15-19(24(3)22(29)25(4)20(15)27)23-16(14)12-9-7-6-8-10-12/h6-10,23,26H,5H2,1-4H3. The number of aryl methyl sites for hydroxylation is 2. The van der Waals surface area contributed by atoms with Crippen molar-refractivity contribution < 1.29 is 14.6 Å². The van der Waals surface area contributed by atoms with E-state index >= 15 is 0 Å². The summed E-state index contributed by atoms with van der Waals surface area (Å²) in [6.45, 7) is 3.58. The Morgan fingerprint density at radius 1 is 1.16 bits per heavy atom. The Balaban J connectivity index is 2.16. The molecule has 1 aromatic carbocycles. The van der Waals surface area contributed by atoms with Crippen LogP contribution in [-0.2, 0) is 18.8 Å². The highest BCUT2D eigenvalue weighted by atomic mass is 32.1. The van der Waals surface area contributed by atoms with E-state index in [4.69, 9.17) is 4.74 Å². The Hall–Kier alpha value is -3.59. The maximum Gasteiger partial charge on any atom is 0.343 e. The molecule has 3 heterocycles. The first-order chi connectivity index (χ1) is 14.8. The number of fused-ring (bicyclic) bond motifs is 1. The van der Waals surface area contributed by atoms with E-state index in [0.717, 1.165) is 10.1 Å². The number of ether oxygens (including phenoxy) is 1. The predicted octanol–water partition coefficient (Wildman–Crippen LogP) is 3.15. The summed E-state index contributed by atoms with van der Waals surface area (Å²) in [6.07, 6.45) is 0. The first kappa shape index (κ1) is 20.7. The van der Waals surface area contributed by atoms with Crippen molar-refractivity contribution in [3.63, 3.8) is 0 Å². The van der Waals surface area contributed by atoms with E-state index in [0.29, 0.717) is 26.7 Å². The van der Waals surface area contributed by atoms with Crippen LogP contribution in [-0.4, -0.2) is 31.8 Å². The molecule has 0 saturated carbocycles. The van der Waals surface area contributed by atoms with Gasteiger partial charge in [-0.3, -0.25) is 13.9 Å². The van der Waals surface area contributed by atoms with Crippen LogP contribution in [0.3, 0.4) is 0 Å². The second kappa shape index (κ2) is 7.59. The normalized spacial score (nSPS) is 11.2. The lowest BCUT2D eigenvalue weighted by molar-refractivity contribution is 0.0523. The zero-order valence-electron chi connectivity index (χ0n) is 17.5. The predicted molar refractivity (Wildman–Crippen MR) is 120 cm³/mol. The van der Waals surface area contributed by atoms with Gasteiger partial charge in [-0.15, -0.1) is 11.3 Å². The first-order valence-electron chi connectivity index (χ1n) is 9.64. The Labute approximate surface area is 181 Å². The van der Waals surface area contributed by atoms with Crippen LogP contribution >= 0.6 is 11.3 Å². The molecule has 4 rings (SSSR count). The number of aromatic amines is 1. The van der Waals surface area contributed by atoms with E-state index in [1.54, 1.807) is 20.9 Å². The molecule has 0 aliphatic rings. The van der Waals surface area contributed by atoms with E-state index in [2.05, 4.69) is 4.98 Å². The van der Waals surface area contributed by atoms with Gasteiger partial charge in [0.05, 0.1) is 22.6 Å². The summed E-state index contributed by atoms with van der Waals surface area (Å²) in [4.78, 5) is 42.2. The molecule has 4 aromatic rings. The van der Waals surface area contributed by atoms with Crippen LogP contribution in [0.1, 0.15) is 22.2 Å². The van der Waals surface area contributed by atoms with Gasteiger partial charge >= 0.3 is 11.7 Å². The third-order valence-electron chi connectivity index (χ3n) is 5.24. The number of rotatable bonds is 4. The Morgan fingerprint density at radius 3 is 2.48 bits per heavy atom. The largest absolute Gasteiger partial charge is 0.505 e. The minimum atomic E-state index is -0.624. The average molecular weight is 439 g/mol. The summed E-state index contributed by atoms with van der Waals surface area (Å²) in [5, 5.41) is 11.3. The maximum atomic E-state index is 13.1. The first-order valence-corrected chi connectivity index (χ1v) is 10.5. The minimum Gasteiger partial charge on any atom is -0.505 e. The van der Waals surface area contributed by atoms with Crippen LogP contribution in [0.4, 0.5) is 0 Å². The van der Waals surface area contributed by atoms with Crippen molar-refractivity contribution >= 4 is 28.3 Å². The van der Waals surface area contributed by atoms with Gasteiger partial charge in [-0.1, -0.05) is 30.3 Å². The van der Waals surface area contributed by atoms with Gasteiger partial charge in [-0.05, 0) is 19.4 Å². The van der Waals surface area contributed by atoms with Crippen molar-refractivity contribution in [1.82, 2.24) is 14.1 Å². The van der Waals surface area contributed by atoms with Gasteiger partial charge in [0, 0.05) is 24.5 Å². The lowest BCUT2D eigenvalue weighted by Gasteiger charge is -2.06. The van der Waals surface area contributed by atoms with Gasteiger partial charge in [0.1, 0.15) is 17.0 Å². The van der Waals surface area contributed by atoms with Crippen LogP contribution in [0, 0.1) is 6.92 Å². The highest BCUT2D eigenvalue weighted by molar-refractivity contribution is 7.16. The second-order valence-corrected chi connectivity index (χ2v) is 8.33. The van der Waals surface area contributed by atoms with E-state index in [1.807, 2.05) is 30.3 Å². The molecule has 0 saturated heterocycles. The van der Waals surface area contributed by atoms with Gasteiger partial charge in [-0.25, -0.2) is 9.59 Å². The second-order valence-electron chi connectivity index (χ2n) is 7.10. The number of carbonyl (C=O) groups is 1. The molecule has 0 unspecified atom stereocenters. The molecule has 0 radical (unpaired) electrons. The molecule has 3 aromatic heterocycles. The molecule has 0 atom stereocenters. The third kappa shape index (κ3) is 3.09. The number of nitrogens with zero attached hydrogens (tertiary/aromatic N) is 2. The SMILES string of the molecule is CCOC(=O)c1c(C)sc(-c2c(-c3ccccc3)[nH]c3c2c(=O)n(C)c(=O)n3C)c1O. The summed E-state index contributed by atoms with van der Waals surface area (Å²) in [6, 6.07) is 9.30. The zero-order valence-corrected chi connectivity index (χ0v) is 18.3. The maximum absolute atomic E-state index is 13.1. The van der Waals surface area contributed by atoms with Crippen LogP contribution in [0.15, 0.2) is 39.9 Å². The molecule has 0 aliphatic carbocycles. The summed E-state index contributed by atoms with van der Waals surface area (Å²) >= 11 is 1.19. The third-order valence-corrected chi connectivity index (χ3v) is 6.35. The van der Waals surface area contributed by atoms with Gasteiger partial charge in [-0.2, -0.15) is 0 Å². The molecule has 9 heteroatoms. The topological polar surface area (TPSA) is 106 Å². The minimum absolute atomic E-state index is 0.0804. The monoisotopic (exact) mass is 439 g/mol. The number of aromatic hydroxyl groups is 1. The summed E-state index contributed by atoms with van der Waals surface area (Å²) < 4.78 is 7.47. The van der Waals surface area contributed by atoms with E-state index in [-0.39, 0.29) is 23.3 Å². The van der Waals surface area contributed by atoms with Gasteiger partial charge in [0.15, 0.2) is 0 Å². The van der Waals surface area contributed by atoms with Crippen molar-refractivity contribution in [2.45, 2.75) is 13.8 Å². The fourth-order valence-electron chi connectivity index (χ4n) is 3.72. The summed E-state index contributed by atoms with van der Waals surface area (Å²) in [5.74, 6) is -0.864. The van der Waals surface area contributed by atoms with E-state index in [9.17, 15) is 19.5 Å². The van der Waals surface area contributed by atoms with E-state index in [1.165, 1.54) is 23.0 Å². The molecule has 0 aliphatic heterocycles. The molecule has 2 N–H and O–H groups in total. The molecule has 31 heavy (non-hydrogen) atoms.